The largest absolute Gasteiger partial charge is 0.307 e. The maximum atomic E-state index is 13.3. The van der Waals surface area contributed by atoms with E-state index in [0.29, 0.717) is 12.0 Å². The van der Waals surface area contributed by atoms with Crippen LogP contribution in [0.25, 0.3) is 0 Å². The lowest BCUT2D eigenvalue weighted by molar-refractivity contribution is 0.147. The summed E-state index contributed by atoms with van der Waals surface area (Å²) in [6, 6.07) is 7.58. The minimum atomic E-state index is -0.152. The van der Waals surface area contributed by atoms with Crippen molar-refractivity contribution in [2.24, 2.45) is 5.92 Å². The second-order valence-corrected chi connectivity index (χ2v) is 6.43. The van der Waals surface area contributed by atoms with Gasteiger partial charge in [0, 0.05) is 18.6 Å². The molecule has 1 aromatic carbocycles. The molecule has 1 saturated heterocycles. The number of benzene rings is 1. The molecular weight excluding hydrogens is 263 g/mol. The molecule has 21 heavy (non-hydrogen) atoms. The zero-order valence-electron chi connectivity index (χ0n) is 13.6. The molecule has 0 saturated carbocycles. The zero-order chi connectivity index (χ0) is 15.2. The van der Waals surface area contributed by atoms with E-state index >= 15 is 0 Å². The standard InChI is InChI=1S/C18H29FN2/c1-4-10-21-11-6-8-17(13-21)15(3)20-14(2)16-7-5-9-18(19)12-16/h5,7,9,12,14-15,17,20H,4,6,8,10-11,13H2,1-3H3/t14-,15?,17?/m1/s1. The van der Waals surface area contributed by atoms with Crippen LogP contribution in [0.3, 0.4) is 0 Å². The van der Waals surface area contributed by atoms with Crippen molar-refractivity contribution >= 4 is 0 Å². The highest BCUT2D eigenvalue weighted by Crippen LogP contribution is 2.22. The SMILES string of the molecule is CCCN1CCCC(C(C)N[C@H](C)c2cccc(F)c2)C1. The number of nitrogens with one attached hydrogen (secondary N) is 1. The molecule has 0 aliphatic carbocycles. The lowest BCUT2D eigenvalue weighted by atomic mass is 9.90. The van der Waals surface area contributed by atoms with Gasteiger partial charge in [-0.3, -0.25) is 0 Å². The Morgan fingerprint density at radius 3 is 2.90 bits per heavy atom. The molecule has 2 rings (SSSR count). The number of likely N-dealkylation sites (tertiary alicyclic amines) is 1. The van der Waals surface area contributed by atoms with Gasteiger partial charge in [0.25, 0.3) is 0 Å². The van der Waals surface area contributed by atoms with E-state index in [-0.39, 0.29) is 11.9 Å². The van der Waals surface area contributed by atoms with Crippen LogP contribution in [-0.2, 0) is 0 Å². The van der Waals surface area contributed by atoms with Gasteiger partial charge in [-0.05, 0) is 69.8 Å². The van der Waals surface area contributed by atoms with Crippen LogP contribution >= 0.6 is 0 Å². The van der Waals surface area contributed by atoms with E-state index in [2.05, 4.69) is 31.0 Å². The van der Waals surface area contributed by atoms with Gasteiger partial charge in [-0.1, -0.05) is 19.1 Å². The molecule has 0 radical (unpaired) electrons. The first-order valence-corrected chi connectivity index (χ1v) is 8.34. The average Bonchev–Trinajstić information content (AvgIpc) is 2.48. The fourth-order valence-electron chi connectivity index (χ4n) is 3.42. The molecule has 118 valence electrons. The number of nitrogens with zero attached hydrogens (tertiary/aromatic N) is 1. The van der Waals surface area contributed by atoms with Crippen molar-refractivity contribution in [2.75, 3.05) is 19.6 Å². The number of halogens is 1. The van der Waals surface area contributed by atoms with Crippen molar-refractivity contribution < 1.29 is 4.39 Å². The number of rotatable bonds is 6. The minimum absolute atomic E-state index is 0.152. The molecule has 3 atom stereocenters. The Morgan fingerprint density at radius 1 is 1.38 bits per heavy atom. The third kappa shape index (κ3) is 4.79. The molecule has 1 aliphatic rings. The summed E-state index contributed by atoms with van der Waals surface area (Å²) in [5.74, 6) is 0.543. The number of hydrogen-bond acceptors (Lipinski definition) is 2. The van der Waals surface area contributed by atoms with Crippen LogP contribution in [0.5, 0.6) is 0 Å². The molecule has 1 aromatic rings. The van der Waals surface area contributed by atoms with E-state index < -0.39 is 0 Å². The van der Waals surface area contributed by atoms with Gasteiger partial charge in [0.15, 0.2) is 0 Å². The number of hydrogen-bond donors (Lipinski definition) is 1. The van der Waals surface area contributed by atoms with E-state index in [9.17, 15) is 4.39 Å². The summed E-state index contributed by atoms with van der Waals surface area (Å²) >= 11 is 0. The Labute approximate surface area is 128 Å². The van der Waals surface area contributed by atoms with Crippen molar-refractivity contribution in [2.45, 2.75) is 52.1 Å². The third-order valence-corrected chi connectivity index (χ3v) is 4.65. The van der Waals surface area contributed by atoms with Crippen LogP contribution < -0.4 is 5.32 Å². The van der Waals surface area contributed by atoms with Crippen molar-refractivity contribution in [3.05, 3.63) is 35.6 Å². The van der Waals surface area contributed by atoms with Crippen LogP contribution in [-0.4, -0.2) is 30.6 Å². The monoisotopic (exact) mass is 292 g/mol. The predicted molar refractivity (Wildman–Crippen MR) is 86.9 cm³/mol. The van der Waals surface area contributed by atoms with E-state index in [1.807, 2.05) is 6.07 Å². The molecule has 1 aliphatic heterocycles. The third-order valence-electron chi connectivity index (χ3n) is 4.65. The summed E-state index contributed by atoms with van der Waals surface area (Å²) in [7, 11) is 0. The van der Waals surface area contributed by atoms with Crippen LogP contribution in [0.1, 0.15) is 51.6 Å². The van der Waals surface area contributed by atoms with Gasteiger partial charge >= 0.3 is 0 Å². The smallest absolute Gasteiger partial charge is 0.123 e. The fourth-order valence-corrected chi connectivity index (χ4v) is 3.42. The van der Waals surface area contributed by atoms with Crippen LogP contribution in [0.15, 0.2) is 24.3 Å². The van der Waals surface area contributed by atoms with E-state index in [1.54, 1.807) is 12.1 Å². The highest BCUT2D eigenvalue weighted by Gasteiger charge is 2.25. The Kier molecular flexibility index (Phi) is 6.19. The molecular formula is C18H29FN2. The summed E-state index contributed by atoms with van der Waals surface area (Å²) < 4.78 is 13.3. The summed E-state index contributed by atoms with van der Waals surface area (Å²) in [4.78, 5) is 2.58. The van der Waals surface area contributed by atoms with Gasteiger partial charge in [0.05, 0.1) is 0 Å². The Balaban J connectivity index is 1.89. The first-order valence-electron chi connectivity index (χ1n) is 8.34. The van der Waals surface area contributed by atoms with Crippen LogP contribution in [0, 0.1) is 11.7 Å². The average molecular weight is 292 g/mol. The predicted octanol–water partition coefficient (Wildman–Crippen LogP) is 3.99. The molecule has 2 nitrogen and oxygen atoms in total. The summed E-state index contributed by atoms with van der Waals surface area (Å²) in [6.45, 7) is 10.3. The van der Waals surface area contributed by atoms with Gasteiger partial charge < -0.3 is 10.2 Å². The van der Waals surface area contributed by atoms with E-state index in [4.69, 9.17) is 0 Å². The highest BCUT2D eigenvalue weighted by molar-refractivity contribution is 5.19. The Bertz CT molecular complexity index is 433. The highest BCUT2D eigenvalue weighted by atomic mass is 19.1. The van der Waals surface area contributed by atoms with Crippen LogP contribution in [0.4, 0.5) is 4.39 Å². The van der Waals surface area contributed by atoms with Crippen molar-refractivity contribution in [3.8, 4) is 0 Å². The van der Waals surface area contributed by atoms with E-state index in [0.717, 1.165) is 5.56 Å². The molecule has 1 heterocycles. The fraction of sp³-hybridized carbons (Fsp3) is 0.667. The summed E-state index contributed by atoms with van der Waals surface area (Å²) in [6.07, 6.45) is 3.82. The minimum Gasteiger partial charge on any atom is -0.307 e. The van der Waals surface area contributed by atoms with Gasteiger partial charge in [-0.25, -0.2) is 4.39 Å². The van der Waals surface area contributed by atoms with Gasteiger partial charge in [-0.2, -0.15) is 0 Å². The molecule has 0 amide bonds. The lowest BCUT2D eigenvalue weighted by Gasteiger charge is -2.37. The molecule has 1 N–H and O–H groups in total. The summed E-state index contributed by atoms with van der Waals surface area (Å²) in [5.41, 5.74) is 1.03. The van der Waals surface area contributed by atoms with Crippen LogP contribution in [0.2, 0.25) is 0 Å². The van der Waals surface area contributed by atoms with Crippen molar-refractivity contribution in [1.29, 1.82) is 0 Å². The second kappa shape index (κ2) is 7.90. The second-order valence-electron chi connectivity index (χ2n) is 6.43. The maximum Gasteiger partial charge on any atom is 0.123 e. The first-order chi connectivity index (χ1) is 10.1. The maximum absolute atomic E-state index is 13.3. The Morgan fingerprint density at radius 2 is 2.19 bits per heavy atom. The molecule has 0 bridgehead atoms. The van der Waals surface area contributed by atoms with Gasteiger partial charge in [-0.15, -0.1) is 0 Å². The molecule has 0 aromatic heterocycles. The van der Waals surface area contributed by atoms with Crippen molar-refractivity contribution in [3.63, 3.8) is 0 Å². The Hall–Kier alpha value is -0.930. The molecule has 3 heteroatoms. The number of piperidine rings is 1. The summed E-state index contributed by atoms with van der Waals surface area (Å²) in [5, 5.41) is 3.66. The molecule has 2 unspecified atom stereocenters. The topological polar surface area (TPSA) is 15.3 Å². The first kappa shape index (κ1) is 16.4. The zero-order valence-corrected chi connectivity index (χ0v) is 13.6. The lowest BCUT2D eigenvalue weighted by Crippen LogP contribution is -2.45. The molecule has 0 spiro atoms. The van der Waals surface area contributed by atoms with E-state index in [1.165, 1.54) is 45.0 Å². The van der Waals surface area contributed by atoms with Gasteiger partial charge in [0.1, 0.15) is 5.82 Å². The van der Waals surface area contributed by atoms with Crippen molar-refractivity contribution in [1.82, 2.24) is 10.2 Å². The normalized spacial score (nSPS) is 23.0. The quantitative estimate of drug-likeness (QED) is 0.853. The van der Waals surface area contributed by atoms with Gasteiger partial charge in [0.2, 0.25) is 0 Å². The molecule has 1 fully saturated rings.